The molecule has 0 amide bonds. The molecule has 5 nitrogen and oxygen atoms in total. The van der Waals surface area contributed by atoms with Crippen LogP contribution < -0.4 is 5.73 Å². The highest BCUT2D eigenvalue weighted by atomic mass is 15.3. The molecule has 2 N–H and O–H groups in total. The van der Waals surface area contributed by atoms with Crippen molar-refractivity contribution in [1.29, 1.82) is 0 Å². The normalized spacial score (nSPS) is 17.1. The number of aromatic nitrogens is 4. The highest BCUT2D eigenvalue weighted by Crippen LogP contribution is 2.35. The van der Waals surface area contributed by atoms with Crippen molar-refractivity contribution in [2.75, 3.05) is 5.73 Å². The lowest BCUT2D eigenvalue weighted by Gasteiger charge is -2.23. The zero-order valence-electron chi connectivity index (χ0n) is 7.72. The number of hydrogen-bond acceptors (Lipinski definition) is 4. The Morgan fingerprint density at radius 1 is 1.36 bits per heavy atom. The quantitative estimate of drug-likeness (QED) is 0.725. The molecule has 1 aliphatic rings. The number of anilines is 1. The molecule has 5 heteroatoms. The number of hydrogen-bond donors (Lipinski definition) is 1. The van der Waals surface area contributed by atoms with Crippen molar-refractivity contribution in [3.8, 4) is 0 Å². The molecule has 0 saturated heterocycles. The maximum absolute atomic E-state index is 5.69. The molecule has 0 atom stereocenters. The van der Waals surface area contributed by atoms with Crippen LogP contribution in [0.15, 0.2) is 12.4 Å². The third kappa shape index (κ3) is 0.921. The molecule has 14 heavy (non-hydrogen) atoms. The van der Waals surface area contributed by atoms with Gasteiger partial charge in [0.05, 0.1) is 0 Å². The second kappa shape index (κ2) is 2.67. The number of nitrogens with zero attached hydrogens (tertiary/aromatic N) is 4. The maximum atomic E-state index is 5.69. The summed E-state index contributed by atoms with van der Waals surface area (Å²) in [6, 6.07) is 0. The zero-order chi connectivity index (χ0) is 9.54. The van der Waals surface area contributed by atoms with Gasteiger partial charge in [-0.2, -0.15) is 0 Å². The average Bonchev–Trinajstić information content (AvgIpc) is 2.48. The van der Waals surface area contributed by atoms with Crippen LogP contribution in [0.2, 0.25) is 0 Å². The fraction of sp³-hybridized carbons (Fsp3) is 0.444. The third-order valence-electron chi connectivity index (χ3n) is 2.85. The Labute approximate surface area is 81.0 Å². The predicted octanol–water partition coefficient (Wildman–Crippen LogP) is 0.974. The number of rotatable bonds is 1. The average molecular weight is 189 g/mol. The van der Waals surface area contributed by atoms with E-state index in [0.717, 1.165) is 5.82 Å². The fourth-order valence-electron chi connectivity index (χ4n) is 1.81. The van der Waals surface area contributed by atoms with Gasteiger partial charge in [0, 0.05) is 18.3 Å². The SMILES string of the molecule is Nc1nccn2c(C3CCC3)nnc12. The van der Waals surface area contributed by atoms with E-state index in [1.165, 1.54) is 19.3 Å². The molecule has 2 heterocycles. The molecule has 3 rings (SSSR count). The van der Waals surface area contributed by atoms with Crippen LogP contribution >= 0.6 is 0 Å². The van der Waals surface area contributed by atoms with Crippen LogP contribution in [0, 0.1) is 0 Å². The van der Waals surface area contributed by atoms with E-state index in [4.69, 9.17) is 5.73 Å². The van der Waals surface area contributed by atoms with Gasteiger partial charge >= 0.3 is 0 Å². The van der Waals surface area contributed by atoms with Gasteiger partial charge in [-0.15, -0.1) is 10.2 Å². The van der Waals surface area contributed by atoms with Crippen LogP contribution in [0.25, 0.3) is 5.65 Å². The minimum atomic E-state index is 0.450. The van der Waals surface area contributed by atoms with Crippen molar-refractivity contribution in [3.63, 3.8) is 0 Å². The van der Waals surface area contributed by atoms with Crippen LogP contribution in [0.3, 0.4) is 0 Å². The molecule has 0 bridgehead atoms. The van der Waals surface area contributed by atoms with Crippen molar-refractivity contribution in [3.05, 3.63) is 18.2 Å². The smallest absolute Gasteiger partial charge is 0.203 e. The van der Waals surface area contributed by atoms with E-state index >= 15 is 0 Å². The molecule has 2 aromatic heterocycles. The Morgan fingerprint density at radius 3 is 2.93 bits per heavy atom. The van der Waals surface area contributed by atoms with Crippen LogP contribution in [-0.4, -0.2) is 19.6 Å². The lowest BCUT2D eigenvalue weighted by atomic mass is 9.85. The summed E-state index contributed by atoms with van der Waals surface area (Å²) in [6.07, 6.45) is 7.28. The summed E-state index contributed by atoms with van der Waals surface area (Å²) in [5.74, 6) is 2.04. The first-order valence-corrected chi connectivity index (χ1v) is 4.81. The first-order chi connectivity index (χ1) is 6.86. The van der Waals surface area contributed by atoms with E-state index in [1.807, 2.05) is 10.6 Å². The molecule has 0 spiro atoms. The number of nitrogen functional groups attached to an aromatic ring is 1. The summed E-state index contributed by atoms with van der Waals surface area (Å²) < 4.78 is 1.95. The molecule has 2 aromatic rings. The van der Waals surface area contributed by atoms with E-state index in [1.54, 1.807) is 6.20 Å². The Kier molecular flexibility index (Phi) is 1.47. The third-order valence-corrected chi connectivity index (χ3v) is 2.85. The highest BCUT2D eigenvalue weighted by Gasteiger charge is 2.24. The molecule has 1 fully saturated rings. The molecule has 72 valence electrons. The van der Waals surface area contributed by atoms with Gasteiger partial charge in [0.25, 0.3) is 0 Å². The first kappa shape index (κ1) is 7.73. The highest BCUT2D eigenvalue weighted by molar-refractivity contribution is 5.58. The van der Waals surface area contributed by atoms with E-state index in [2.05, 4.69) is 15.2 Å². The standard InChI is InChI=1S/C9H11N5/c10-7-9-13-12-8(6-2-1-3-6)14(9)5-4-11-7/h4-6H,1-3H2,(H2,10,11). The van der Waals surface area contributed by atoms with Crippen LogP contribution in [0.1, 0.15) is 31.0 Å². The van der Waals surface area contributed by atoms with Crippen molar-refractivity contribution >= 4 is 11.5 Å². The molecule has 0 aliphatic heterocycles. The van der Waals surface area contributed by atoms with Gasteiger partial charge in [0.2, 0.25) is 5.65 Å². The second-order valence-corrected chi connectivity index (χ2v) is 3.69. The molecule has 1 saturated carbocycles. The Hall–Kier alpha value is -1.65. The van der Waals surface area contributed by atoms with Crippen LogP contribution in [0.5, 0.6) is 0 Å². The van der Waals surface area contributed by atoms with Crippen LogP contribution in [-0.2, 0) is 0 Å². The lowest BCUT2D eigenvalue weighted by molar-refractivity contribution is 0.399. The fourth-order valence-corrected chi connectivity index (χ4v) is 1.81. The monoisotopic (exact) mass is 189 g/mol. The summed E-state index contributed by atoms with van der Waals surface area (Å²) >= 11 is 0. The first-order valence-electron chi connectivity index (χ1n) is 4.81. The molecule has 0 aromatic carbocycles. The second-order valence-electron chi connectivity index (χ2n) is 3.69. The van der Waals surface area contributed by atoms with Gasteiger partial charge in [-0.1, -0.05) is 6.42 Å². The van der Waals surface area contributed by atoms with Gasteiger partial charge in [-0.25, -0.2) is 4.98 Å². The number of fused-ring (bicyclic) bond motifs is 1. The summed E-state index contributed by atoms with van der Waals surface area (Å²) in [5.41, 5.74) is 6.37. The number of nitrogens with two attached hydrogens (primary N) is 1. The van der Waals surface area contributed by atoms with Gasteiger partial charge in [-0.3, -0.25) is 4.40 Å². The molecular weight excluding hydrogens is 178 g/mol. The largest absolute Gasteiger partial charge is 0.381 e. The Bertz CT molecular complexity index is 471. The zero-order valence-corrected chi connectivity index (χ0v) is 7.72. The van der Waals surface area contributed by atoms with Gasteiger partial charge < -0.3 is 5.73 Å². The van der Waals surface area contributed by atoms with Gasteiger partial charge in [-0.05, 0) is 12.8 Å². The van der Waals surface area contributed by atoms with Gasteiger partial charge in [0.1, 0.15) is 5.82 Å². The molecule has 1 aliphatic carbocycles. The van der Waals surface area contributed by atoms with Gasteiger partial charge in [0.15, 0.2) is 5.82 Å². The summed E-state index contributed by atoms with van der Waals surface area (Å²) in [6.45, 7) is 0. The predicted molar refractivity (Wildman–Crippen MR) is 51.8 cm³/mol. The van der Waals surface area contributed by atoms with Crippen molar-refractivity contribution in [1.82, 2.24) is 19.6 Å². The topological polar surface area (TPSA) is 69.1 Å². The summed E-state index contributed by atoms with van der Waals surface area (Å²) in [5, 5.41) is 8.22. The van der Waals surface area contributed by atoms with E-state index in [-0.39, 0.29) is 0 Å². The van der Waals surface area contributed by atoms with Crippen LogP contribution in [0.4, 0.5) is 5.82 Å². The maximum Gasteiger partial charge on any atom is 0.203 e. The van der Waals surface area contributed by atoms with E-state index < -0.39 is 0 Å². The molecular formula is C9H11N5. The van der Waals surface area contributed by atoms with Crippen molar-refractivity contribution in [2.24, 2.45) is 0 Å². The Balaban J connectivity index is 2.20. The lowest BCUT2D eigenvalue weighted by Crippen LogP contribution is -2.12. The Morgan fingerprint density at radius 2 is 2.21 bits per heavy atom. The minimum Gasteiger partial charge on any atom is -0.381 e. The minimum absolute atomic E-state index is 0.450. The van der Waals surface area contributed by atoms with Crippen molar-refractivity contribution in [2.45, 2.75) is 25.2 Å². The summed E-state index contributed by atoms with van der Waals surface area (Å²) in [7, 11) is 0. The molecule has 0 radical (unpaired) electrons. The van der Waals surface area contributed by atoms with Crippen molar-refractivity contribution < 1.29 is 0 Å². The van der Waals surface area contributed by atoms with E-state index in [9.17, 15) is 0 Å². The van der Waals surface area contributed by atoms with E-state index in [0.29, 0.717) is 17.4 Å². The summed E-state index contributed by atoms with van der Waals surface area (Å²) in [4.78, 5) is 3.98. The molecule has 0 unspecified atom stereocenters.